The Labute approximate surface area is 154 Å². The predicted molar refractivity (Wildman–Crippen MR) is 92.5 cm³/mol. The highest BCUT2D eigenvalue weighted by atomic mass is 35.5. The van der Waals surface area contributed by atoms with Gasteiger partial charge in [0.1, 0.15) is 16.5 Å². The molecule has 0 radical (unpaired) electrons. The van der Waals surface area contributed by atoms with Crippen LogP contribution in [0.2, 0.25) is 5.02 Å². The summed E-state index contributed by atoms with van der Waals surface area (Å²) in [6.07, 6.45) is 0. The summed E-state index contributed by atoms with van der Waals surface area (Å²) in [4.78, 5) is 13.3. The number of hydrogen-bond acceptors (Lipinski definition) is 3. The summed E-state index contributed by atoms with van der Waals surface area (Å²) in [6, 6.07) is 8.69. The average molecular weight is 401 g/mol. The molecular weight excluding hydrogens is 386 g/mol. The van der Waals surface area contributed by atoms with Gasteiger partial charge in [-0.05, 0) is 42.5 Å². The Morgan fingerprint density at radius 2 is 1.58 bits per heavy atom. The summed E-state index contributed by atoms with van der Waals surface area (Å²) in [6.45, 7) is 0.296. The van der Waals surface area contributed by atoms with E-state index in [1.807, 2.05) is 0 Å². The SMILES string of the molecule is O=C(c1ccc(Cl)cc1)N1CCN(S(=O)(=O)c2cc(F)ccc2F)CC1. The second-order valence-electron chi connectivity index (χ2n) is 5.78. The Hall–Kier alpha value is -2.03. The first-order chi connectivity index (χ1) is 12.3. The van der Waals surface area contributed by atoms with E-state index in [1.165, 1.54) is 4.90 Å². The maximum absolute atomic E-state index is 13.8. The van der Waals surface area contributed by atoms with Gasteiger partial charge in [0.2, 0.25) is 10.0 Å². The van der Waals surface area contributed by atoms with Crippen LogP contribution in [-0.2, 0) is 10.0 Å². The fraction of sp³-hybridized carbons (Fsp3) is 0.235. The molecule has 2 aromatic rings. The van der Waals surface area contributed by atoms with Gasteiger partial charge in [-0.15, -0.1) is 0 Å². The zero-order valence-corrected chi connectivity index (χ0v) is 15.1. The molecule has 1 fully saturated rings. The van der Waals surface area contributed by atoms with E-state index in [2.05, 4.69) is 0 Å². The number of hydrogen-bond donors (Lipinski definition) is 0. The van der Waals surface area contributed by atoms with Crippen LogP contribution < -0.4 is 0 Å². The number of benzene rings is 2. The largest absolute Gasteiger partial charge is 0.336 e. The second-order valence-corrected chi connectivity index (χ2v) is 8.12. The van der Waals surface area contributed by atoms with Crippen LogP contribution in [0, 0.1) is 11.6 Å². The Morgan fingerprint density at radius 3 is 2.19 bits per heavy atom. The van der Waals surface area contributed by atoms with Crippen molar-refractivity contribution in [1.82, 2.24) is 9.21 Å². The van der Waals surface area contributed by atoms with Crippen molar-refractivity contribution in [3.8, 4) is 0 Å². The Bertz CT molecular complexity index is 928. The smallest absolute Gasteiger partial charge is 0.253 e. The highest BCUT2D eigenvalue weighted by Gasteiger charge is 2.32. The van der Waals surface area contributed by atoms with E-state index in [9.17, 15) is 22.0 Å². The van der Waals surface area contributed by atoms with Gasteiger partial charge in [0.05, 0.1) is 0 Å². The minimum atomic E-state index is -4.17. The summed E-state index contributed by atoms with van der Waals surface area (Å²) >= 11 is 5.80. The lowest BCUT2D eigenvalue weighted by atomic mass is 10.2. The first-order valence-electron chi connectivity index (χ1n) is 7.79. The Kier molecular flexibility index (Phi) is 5.27. The van der Waals surface area contributed by atoms with E-state index in [0.29, 0.717) is 16.7 Å². The van der Waals surface area contributed by atoms with Gasteiger partial charge in [-0.2, -0.15) is 4.31 Å². The maximum atomic E-state index is 13.8. The monoisotopic (exact) mass is 400 g/mol. The van der Waals surface area contributed by atoms with Gasteiger partial charge >= 0.3 is 0 Å². The molecule has 3 rings (SSSR count). The van der Waals surface area contributed by atoms with Gasteiger partial charge in [-0.1, -0.05) is 11.6 Å². The first kappa shape index (κ1) is 18.8. The molecule has 138 valence electrons. The number of piperazine rings is 1. The van der Waals surface area contributed by atoms with E-state index in [1.54, 1.807) is 24.3 Å². The standard InChI is InChI=1S/C17H15ClF2N2O3S/c18-13-3-1-12(2-4-13)17(23)21-7-9-22(10-8-21)26(24,25)16-11-14(19)5-6-15(16)20/h1-6,11H,7-10H2. The summed E-state index contributed by atoms with van der Waals surface area (Å²) < 4.78 is 53.3. The summed E-state index contributed by atoms with van der Waals surface area (Å²) in [5.74, 6) is -2.08. The van der Waals surface area contributed by atoms with Crippen LogP contribution in [0.5, 0.6) is 0 Å². The van der Waals surface area contributed by atoms with Crippen molar-refractivity contribution in [2.75, 3.05) is 26.2 Å². The number of carbonyl (C=O) groups is 1. The minimum absolute atomic E-state index is 0.00236. The maximum Gasteiger partial charge on any atom is 0.253 e. The van der Waals surface area contributed by atoms with Crippen LogP contribution in [0.1, 0.15) is 10.4 Å². The van der Waals surface area contributed by atoms with Gasteiger partial charge in [0, 0.05) is 36.8 Å². The van der Waals surface area contributed by atoms with Crippen molar-refractivity contribution in [2.24, 2.45) is 0 Å². The van der Waals surface area contributed by atoms with Crippen LogP contribution in [0.3, 0.4) is 0 Å². The van der Waals surface area contributed by atoms with Crippen molar-refractivity contribution in [3.63, 3.8) is 0 Å². The Morgan fingerprint density at radius 1 is 0.962 bits per heavy atom. The third kappa shape index (κ3) is 3.72. The number of rotatable bonds is 3. The van der Waals surface area contributed by atoms with E-state index in [0.717, 1.165) is 16.4 Å². The molecule has 1 aliphatic heterocycles. The molecular formula is C17H15ClF2N2O3S. The van der Waals surface area contributed by atoms with Crippen molar-refractivity contribution in [3.05, 3.63) is 64.7 Å². The second kappa shape index (κ2) is 7.30. The predicted octanol–water partition coefficient (Wildman–Crippen LogP) is 2.76. The third-order valence-electron chi connectivity index (χ3n) is 4.13. The molecule has 5 nitrogen and oxygen atoms in total. The van der Waals surface area contributed by atoms with Crippen LogP contribution in [0.25, 0.3) is 0 Å². The number of halogens is 3. The van der Waals surface area contributed by atoms with Gasteiger partial charge in [0.15, 0.2) is 0 Å². The van der Waals surface area contributed by atoms with Crippen molar-refractivity contribution < 1.29 is 22.0 Å². The van der Waals surface area contributed by atoms with E-state index in [-0.39, 0.29) is 32.1 Å². The molecule has 2 aromatic carbocycles. The quantitative estimate of drug-likeness (QED) is 0.796. The summed E-state index contributed by atoms with van der Waals surface area (Å²) in [5.41, 5.74) is 0.446. The molecule has 0 aliphatic carbocycles. The Balaban J connectivity index is 1.72. The molecule has 0 bridgehead atoms. The highest BCUT2D eigenvalue weighted by Crippen LogP contribution is 2.22. The molecule has 0 N–H and O–H groups in total. The van der Waals surface area contributed by atoms with Gasteiger partial charge in [-0.25, -0.2) is 17.2 Å². The summed E-state index contributed by atoms with van der Waals surface area (Å²) in [5, 5.41) is 0.509. The molecule has 1 heterocycles. The number of sulfonamides is 1. The molecule has 0 saturated carbocycles. The molecule has 1 saturated heterocycles. The molecule has 0 unspecified atom stereocenters. The number of carbonyl (C=O) groups excluding carboxylic acids is 1. The summed E-state index contributed by atoms with van der Waals surface area (Å²) in [7, 11) is -4.17. The molecule has 26 heavy (non-hydrogen) atoms. The van der Waals surface area contributed by atoms with E-state index < -0.39 is 26.6 Å². The van der Waals surface area contributed by atoms with Crippen LogP contribution in [0.4, 0.5) is 8.78 Å². The van der Waals surface area contributed by atoms with E-state index in [4.69, 9.17) is 11.6 Å². The van der Waals surface area contributed by atoms with Gasteiger partial charge in [0.25, 0.3) is 5.91 Å². The fourth-order valence-corrected chi connectivity index (χ4v) is 4.34. The molecule has 9 heteroatoms. The third-order valence-corrected chi connectivity index (χ3v) is 6.29. The molecule has 1 aliphatic rings. The lowest BCUT2D eigenvalue weighted by molar-refractivity contribution is 0.0697. The lowest BCUT2D eigenvalue weighted by Gasteiger charge is -2.34. The number of nitrogens with zero attached hydrogens (tertiary/aromatic N) is 2. The van der Waals surface area contributed by atoms with E-state index >= 15 is 0 Å². The van der Waals surface area contributed by atoms with Crippen LogP contribution in [0.15, 0.2) is 47.4 Å². The topological polar surface area (TPSA) is 57.7 Å². The zero-order valence-electron chi connectivity index (χ0n) is 13.5. The normalized spacial score (nSPS) is 15.9. The van der Waals surface area contributed by atoms with Crippen LogP contribution in [-0.4, -0.2) is 49.7 Å². The molecule has 0 atom stereocenters. The zero-order chi connectivity index (χ0) is 18.9. The van der Waals surface area contributed by atoms with Gasteiger partial charge < -0.3 is 4.90 Å². The molecule has 0 spiro atoms. The lowest BCUT2D eigenvalue weighted by Crippen LogP contribution is -2.50. The van der Waals surface area contributed by atoms with Gasteiger partial charge in [-0.3, -0.25) is 4.79 Å². The minimum Gasteiger partial charge on any atom is -0.336 e. The average Bonchev–Trinajstić information content (AvgIpc) is 2.64. The molecule has 0 aromatic heterocycles. The first-order valence-corrected chi connectivity index (χ1v) is 9.61. The van der Waals surface area contributed by atoms with Crippen molar-refractivity contribution >= 4 is 27.5 Å². The van der Waals surface area contributed by atoms with Crippen molar-refractivity contribution in [2.45, 2.75) is 4.90 Å². The van der Waals surface area contributed by atoms with Crippen molar-refractivity contribution in [1.29, 1.82) is 0 Å². The molecule has 1 amide bonds. The number of amides is 1. The highest BCUT2D eigenvalue weighted by molar-refractivity contribution is 7.89. The van der Waals surface area contributed by atoms with Crippen LogP contribution >= 0.6 is 11.6 Å². The fourth-order valence-electron chi connectivity index (χ4n) is 2.72.